The van der Waals surface area contributed by atoms with Crippen LogP contribution in [0.1, 0.15) is 37.6 Å². The van der Waals surface area contributed by atoms with E-state index in [1.165, 1.54) is 6.08 Å². The number of carbonyl (C=O) groups is 3. The number of carboxylic acid groups (broad SMARTS) is 1. The molecule has 1 unspecified atom stereocenters. The summed E-state index contributed by atoms with van der Waals surface area (Å²) in [6.45, 7) is 11.9. The van der Waals surface area contributed by atoms with Crippen molar-refractivity contribution in [2.45, 2.75) is 32.8 Å². The number of esters is 2. The molecular weight excluding hydrogens is 324 g/mol. The smallest absolute Gasteiger partial charge is 0.342 e. The molecular formula is C19H24O6. The number of rotatable bonds is 6. The van der Waals surface area contributed by atoms with E-state index in [1.807, 2.05) is 6.07 Å². The Hall–Kier alpha value is -2.89. The van der Waals surface area contributed by atoms with Crippen molar-refractivity contribution in [3.05, 3.63) is 61.4 Å². The third-order valence-electron chi connectivity index (χ3n) is 2.59. The zero-order chi connectivity index (χ0) is 19.5. The van der Waals surface area contributed by atoms with Crippen LogP contribution in [0.4, 0.5) is 0 Å². The van der Waals surface area contributed by atoms with Gasteiger partial charge in [0.1, 0.15) is 5.60 Å². The Morgan fingerprint density at radius 1 is 1.16 bits per heavy atom. The fourth-order valence-corrected chi connectivity index (χ4v) is 1.55. The molecule has 0 aromatic heterocycles. The van der Waals surface area contributed by atoms with Crippen molar-refractivity contribution < 1.29 is 29.0 Å². The normalized spacial score (nSPS) is 11.2. The number of aliphatic carboxylic acids is 1. The SMILES string of the molecule is C=CC(CC(=O)O)C(=O)OC(C)(C)C.C=COC(=O)c1ccccc1. The Morgan fingerprint density at radius 2 is 1.72 bits per heavy atom. The maximum atomic E-state index is 11.4. The number of ether oxygens (including phenoxy) is 2. The van der Waals surface area contributed by atoms with Gasteiger partial charge < -0.3 is 14.6 Å². The molecule has 1 rings (SSSR count). The summed E-state index contributed by atoms with van der Waals surface area (Å²) in [7, 11) is 0. The monoisotopic (exact) mass is 348 g/mol. The van der Waals surface area contributed by atoms with Crippen LogP contribution in [-0.2, 0) is 19.1 Å². The highest BCUT2D eigenvalue weighted by atomic mass is 16.6. The Labute approximate surface area is 147 Å². The van der Waals surface area contributed by atoms with Crippen molar-refractivity contribution in [1.29, 1.82) is 0 Å². The van der Waals surface area contributed by atoms with Crippen LogP contribution in [0.2, 0.25) is 0 Å². The van der Waals surface area contributed by atoms with Crippen LogP contribution in [0.5, 0.6) is 0 Å². The molecule has 0 amide bonds. The maximum absolute atomic E-state index is 11.4. The van der Waals surface area contributed by atoms with Gasteiger partial charge in [-0.15, -0.1) is 6.58 Å². The largest absolute Gasteiger partial charge is 0.481 e. The summed E-state index contributed by atoms with van der Waals surface area (Å²) in [5, 5.41) is 8.51. The van der Waals surface area contributed by atoms with E-state index in [2.05, 4.69) is 17.9 Å². The topological polar surface area (TPSA) is 89.9 Å². The Bertz CT molecular complexity index is 598. The van der Waals surface area contributed by atoms with Crippen molar-refractivity contribution in [2.24, 2.45) is 5.92 Å². The van der Waals surface area contributed by atoms with Crippen molar-refractivity contribution in [3.63, 3.8) is 0 Å². The second kappa shape index (κ2) is 10.8. The van der Waals surface area contributed by atoms with E-state index in [1.54, 1.807) is 45.0 Å². The fraction of sp³-hybridized carbons (Fsp3) is 0.316. The average Bonchev–Trinajstić information content (AvgIpc) is 2.52. The zero-order valence-electron chi connectivity index (χ0n) is 14.7. The molecule has 136 valence electrons. The molecule has 0 saturated carbocycles. The molecule has 0 saturated heterocycles. The van der Waals surface area contributed by atoms with Gasteiger partial charge in [0, 0.05) is 0 Å². The van der Waals surface area contributed by atoms with Gasteiger partial charge in [0.15, 0.2) is 0 Å². The molecule has 0 aliphatic carbocycles. The van der Waals surface area contributed by atoms with Crippen LogP contribution in [-0.4, -0.2) is 28.6 Å². The molecule has 0 bridgehead atoms. The summed E-state index contributed by atoms with van der Waals surface area (Å²) in [6.07, 6.45) is 2.13. The summed E-state index contributed by atoms with van der Waals surface area (Å²) in [4.78, 5) is 32.7. The fourth-order valence-electron chi connectivity index (χ4n) is 1.55. The third kappa shape index (κ3) is 10.5. The van der Waals surface area contributed by atoms with Crippen LogP contribution in [0.3, 0.4) is 0 Å². The highest BCUT2D eigenvalue weighted by molar-refractivity contribution is 5.89. The van der Waals surface area contributed by atoms with Gasteiger partial charge in [0.05, 0.1) is 24.2 Å². The summed E-state index contributed by atoms with van der Waals surface area (Å²) in [6, 6.07) is 8.77. The highest BCUT2D eigenvalue weighted by Crippen LogP contribution is 2.14. The van der Waals surface area contributed by atoms with Crippen molar-refractivity contribution in [2.75, 3.05) is 0 Å². The van der Waals surface area contributed by atoms with Gasteiger partial charge in [-0.1, -0.05) is 30.9 Å². The summed E-state index contributed by atoms with van der Waals surface area (Å²) in [5.74, 6) is -2.73. The predicted molar refractivity (Wildman–Crippen MR) is 93.8 cm³/mol. The average molecular weight is 348 g/mol. The quantitative estimate of drug-likeness (QED) is 0.480. The molecule has 0 fully saturated rings. The minimum atomic E-state index is -1.04. The zero-order valence-corrected chi connectivity index (χ0v) is 14.7. The minimum Gasteiger partial charge on any atom is -0.481 e. The first kappa shape index (κ1) is 22.1. The number of carbonyl (C=O) groups excluding carboxylic acids is 2. The van der Waals surface area contributed by atoms with E-state index >= 15 is 0 Å². The molecule has 1 N–H and O–H groups in total. The predicted octanol–water partition coefficient (Wildman–Crippen LogP) is 3.59. The molecule has 6 heteroatoms. The second-order valence-corrected chi connectivity index (χ2v) is 5.91. The highest BCUT2D eigenvalue weighted by Gasteiger charge is 2.24. The first-order valence-electron chi connectivity index (χ1n) is 7.55. The Kier molecular flexibility index (Phi) is 9.56. The number of hydrogen-bond donors (Lipinski definition) is 1. The minimum absolute atomic E-state index is 0.279. The first-order valence-corrected chi connectivity index (χ1v) is 7.55. The molecule has 6 nitrogen and oxygen atoms in total. The number of hydrogen-bond acceptors (Lipinski definition) is 5. The Morgan fingerprint density at radius 3 is 2.12 bits per heavy atom. The van der Waals surface area contributed by atoms with Gasteiger partial charge in [-0.3, -0.25) is 9.59 Å². The van der Waals surface area contributed by atoms with Gasteiger partial charge >= 0.3 is 17.9 Å². The standard InChI is InChI=1S/C10H16O4.C9H8O2/c1-5-7(6-8(11)12)9(13)14-10(2,3)4;1-2-11-9(10)8-6-4-3-5-7-8/h5,7H,1,6H2,2-4H3,(H,11,12);2-7H,1H2. The van der Waals surface area contributed by atoms with Crippen molar-refractivity contribution >= 4 is 17.9 Å². The third-order valence-corrected chi connectivity index (χ3v) is 2.59. The van der Waals surface area contributed by atoms with Gasteiger partial charge in [0.25, 0.3) is 0 Å². The van der Waals surface area contributed by atoms with E-state index in [9.17, 15) is 14.4 Å². The lowest BCUT2D eigenvalue weighted by atomic mass is 10.1. The molecule has 0 aliphatic heterocycles. The van der Waals surface area contributed by atoms with Gasteiger partial charge in [-0.2, -0.15) is 0 Å². The lowest BCUT2D eigenvalue weighted by Crippen LogP contribution is -2.29. The van der Waals surface area contributed by atoms with Crippen molar-refractivity contribution in [1.82, 2.24) is 0 Å². The van der Waals surface area contributed by atoms with E-state index in [-0.39, 0.29) is 12.4 Å². The van der Waals surface area contributed by atoms with Crippen molar-refractivity contribution in [3.8, 4) is 0 Å². The lowest BCUT2D eigenvalue weighted by molar-refractivity contribution is -0.160. The van der Waals surface area contributed by atoms with Gasteiger partial charge in [-0.05, 0) is 32.9 Å². The first-order chi connectivity index (χ1) is 11.6. The second-order valence-electron chi connectivity index (χ2n) is 5.91. The Balaban J connectivity index is 0.000000472. The molecule has 0 aliphatic rings. The maximum Gasteiger partial charge on any atom is 0.342 e. The molecule has 1 aromatic rings. The summed E-state index contributed by atoms with van der Waals surface area (Å²) in [5.41, 5.74) is -0.0657. The molecule has 1 aromatic carbocycles. The van der Waals surface area contributed by atoms with Crippen LogP contribution in [0, 0.1) is 5.92 Å². The number of benzene rings is 1. The van der Waals surface area contributed by atoms with E-state index < -0.39 is 23.5 Å². The van der Waals surface area contributed by atoms with E-state index in [4.69, 9.17) is 9.84 Å². The number of carboxylic acids is 1. The molecule has 0 heterocycles. The van der Waals surface area contributed by atoms with Crippen LogP contribution in [0.25, 0.3) is 0 Å². The summed E-state index contributed by atoms with van der Waals surface area (Å²) >= 11 is 0. The molecule has 0 spiro atoms. The van der Waals surface area contributed by atoms with E-state index in [0.29, 0.717) is 5.56 Å². The summed E-state index contributed by atoms with van der Waals surface area (Å²) < 4.78 is 9.57. The van der Waals surface area contributed by atoms with Crippen LogP contribution < -0.4 is 0 Å². The van der Waals surface area contributed by atoms with Crippen LogP contribution in [0.15, 0.2) is 55.8 Å². The van der Waals surface area contributed by atoms with Gasteiger partial charge in [0.2, 0.25) is 0 Å². The lowest BCUT2D eigenvalue weighted by Gasteiger charge is -2.21. The molecule has 0 radical (unpaired) electrons. The van der Waals surface area contributed by atoms with Crippen LogP contribution >= 0.6 is 0 Å². The van der Waals surface area contributed by atoms with E-state index in [0.717, 1.165) is 6.26 Å². The molecule has 1 atom stereocenters. The molecule has 25 heavy (non-hydrogen) atoms. The van der Waals surface area contributed by atoms with Gasteiger partial charge in [-0.25, -0.2) is 4.79 Å².